The standard InChI is InChI=1S/C11H26N4/c1-8(2)7-10(5)15(6)11(14-12)13-9(3)4/h8-10H,7,12H2,1-6H3,(H,13,14). The third-order valence-corrected chi connectivity index (χ3v) is 2.32. The molecule has 0 aromatic carbocycles. The van der Waals surface area contributed by atoms with Gasteiger partial charge in [0, 0.05) is 19.1 Å². The largest absolute Gasteiger partial charge is 0.342 e. The molecule has 3 N–H and O–H groups in total. The maximum Gasteiger partial charge on any atom is 0.208 e. The molecule has 0 saturated heterocycles. The van der Waals surface area contributed by atoms with E-state index in [0.29, 0.717) is 12.0 Å². The summed E-state index contributed by atoms with van der Waals surface area (Å²) in [7, 11) is 2.02. The zero-order valence-electron chi connectivity index (χ0n) is 10.9. The molecule has 0 aromatic rings. The van der Waals surface area contributed by atoms with Crippen molar-refractivity contribution in [1.29, 1.82) is 0 Å². The number of nitrogens with one attached hydrogen (secondary N) is 1. The van der Waals surface area contributed by atoms with Crippen LogP contribution in [0.1, 0.15) is 41.0 Å². The smallest absolute Gasteiger partial charge is 0.208 e. The maximum absolute atomic E-state index is 5.47. The van der Waals surface area contributed by atoms with Crippen LogP contribution in [0, 0.1) is 5.92 Å². The maximum atomic E-state index is 5.47. The van der Waals surface area contributed by atoms with Crippen LogP contribution >= 0.6 is 0 Å². The Morgan fingerprint density at radius 3 is 2.13 bits per heavy atom. The molecule has 0 aliphatic carbocycles. The van der Waals surface area contributed by atoms with Gasteiger partial charge in [-0.15, -0.1) is 0 Å². The van der Waals surface area contributed by atoms with Crippen LogP contribution in [0.25, 0.3) is 0 Å². The van der Waals surface area contributed by atoms with Gasteiger partial charge in [0.15, 0.2) is 0 Å². The quantitative estimate of drug-likeness (QED) is 0.323. The first kappa shape index (κ1) is 14.2. The molecule has 1 unspecified atom stereocenters. The molecule has 90 valence electrons. The highest BCUT2D eigenvalue weighted by atomic mass is 15.4. The summed E-state index contributed by atoms with van der Waals surface area (Å²) in [6.45, 7) is 10.7. The Morgan fingerprint density at radius 1 is 1.27 bits per heavy atom. The third-order valence-electron chi connectivity index (χ3n) is 2.32. The van der Waals surface area contributed by atoms with E-state index in [1.54, 1.807) is 0 Å². The van der Waals surface area contributed by atoms with Gasteiger partial charge in [-0.1, -0.05) is 13.8 Å². The Balaban J connectivity index is 4.44. The number of aliphatic imine (C=N–C) groups is 1. The number of guanidine groups is 1. The van der Waals surface area contributed by atoms with Crippen molar-refractivity contribution in [3.05, 3.63) is 0 Å². The second-order valence-corrected chi connectivity index (χ2v) is 4.78. The summed E-state index contributed by atoms with van der Waals surface area (Å²) >= 11 is 0. The number of rotatable bonds is 4. The zero-order chi connectivity index (χ0) is 12.0. The van der Waals surface area contributed by atoms with E-state index in [1.807, 2.05) is 20.9 Å². The molecule has 0 heterocycles. The van der Waals surface area contributed by atoms with Crippen LogP contribution in [0.2, 0.25) is 0 Å². The van der Waals surface area contributed by atoms with E-state index in [9.17, 15) is 0 Å². The van der Waals surface area contributed by atoms with Crippen molar-refractivity contribution in [2.45, 2.75) is 53.1 Å². The van der Waals surface area contributed by atoms with E-state index in [1.165, 1.54) is 0 Å². The minimum absolute atomic E-state index is 0.254. The monoisotopic (exact) mass is 214 g/mol. The van der Waals surface area contributed by atoms with Crippen molar-refractivity contribution in [2.75, 3.05) is 7.05 Å². The number of nitrogens with zero attached hydrogens (tertiary/aromatic N) is 2. The Kier molecular flexibility index (Phi) is 6.32. The van der Waals surface area contributed by atoms with Gasteiger partial charge in [-0.05, 0) is 33.1 Å². The molecule has 0 aliphatic rings. The van der Waals surface area contributed by atoms with Gasteiger partial charge >= 0.3 is 0 Å². The fourth-order valence-electron chi connectivity index (χ4n) is 1.52. The van der Waals surface area contributed by atoms with Gasteiger partial charge in [0.1, 0.15) is 0 Å². The normalized spacial score (nSPS) is 14.6. The molecule has 1 atom stereocenters. The molecule has 0 saturated carbocycles. The predicted octanol–water partition coefficient (Wildman–Crippen LogP) is 1.58. The number of hydrogen-bond acceptors (Lipinski definition) is 2. The van der Waals surface area contributed by atoms with Gasteiger partial charge < -0.3 is 4.90 Å². The molecule has 4 nitrogen and oxygen atoms in total. The minimum atomic E-state index is 0.254. The molecule has 0 bridgehead atoms. The molecule has 0 amide bonds. The molecule has 15 heavy (non-hydrogen) atoms. The summed E-state index contributed by atoms with van der Waals surface area (Å²) in [4.78, 5) is 6.53. The average molecular weight is 214 g/mol. The van der Waals surface area contributed by atoms with Gasteiger partial charge in [-0.3, -0.25) is 5.43 Å². The summed E-state index contributed by atoms with van der Waals surface area (Å²) in [6, 6.07) is 0.697. The lowest BCUT2D eigenvalue weighted by atomic mass is 10.0. The highest BCUT2D eigenvalue weighted by molar-refractivity contribution is 5.79. The second kappa shape index (κ2) is 6.67. The number of nitrogens with two attached hydrogens (primary N) is 1. The molecular formula is C11H26N4. The van der Waals surface area contributed by atoms with Crippen molar-refractivity contribution in [3.8, 4) is 0 Å². The predicted molar refractivity (Wildman–Crippen MR) is 66.6 cm³/mol. The van der Waals surface area contributed by atoms with Crippen LogP contribution in [0.15, 0.2) is 4.99 Å². The Hall–Kier alpha value is -0.770. The first-order valence-electron chi connectivity index (χ1n) is 5.65. The van der Waals surface area contributed by atoms with Crippen molar-refractivity contribution in [1.82, 2.24) is 10.3 Å². The SMILES string of the molecule is CC(C)CC(C)N(C)C(=NC(C)C)NN. The highest BCUT2D eigenvalue weighted by Gasteiger charge is 2.14. The van der Waals surface area contributed by atoms with Crippen molar-refractivity contribution >= 4 is 5.96 Å². The Morgan fingerprint density at radius 2 is 1.80 bits per heavy atom. The van der Waals surface area contributed by atoms with Crippen molar-refractivity contribution in [3.63, 3.8) is 0 Å². The lowest BCUT2D eigenvalue weighted by Gasteiger charge is -2.29. The van der Waals surface area contributed by atoms with Crippen LogP contribution in [0.5, 0.6) is 0 Å². The summed E-state index contributed by atoms with van der Waals surface area (Å²) in [5, 5.41) is 0. The zero-order valence-corrected chi connectivity index (χ0v) is 10.9. The average Bonchev–Trinajstić information content (AvgIpc) is 2.11. The van der Waals surface area contributed by atoms with Crippen LogP contribution in [0.4, 0.5) is 0 Å². The lowest BCUT2D eigenvalue weighted by Crippen LogP contribution is -2.47. The van der Waals surface area contributed by atoms with Crippen LogP contribution in [0.3, 0.4) is 0 Å². The first-order valence-corrected chi connectivity index (χ1v) is 5.65. The van der Waals surface area contributed by atoms with Gasteiger partial charge in [0.25, 0.3) is 0 Å². The van der Waals surface area contributed by atoms with E-state index in [-0.39, 0.29) is 6.04 Å². The Labute approximate surface area is 93.9 Å². The minimum Gasteiger partial charge on any atom is -0.342 e. The summed E-state index contributed by atoms with van der Waals surface area (Å²) in [5.41, 5.74) is 2.66. The number of hydrazine groups is 1. The molecular weight excluding hydrogens is 188 g/mol. The summed E-state index contributed by atoms with van der Waals surface area (Å²) in [6.07, 6.45) is 1.13. The van der Waals surface area contributed by atoms with E-state index < -0.39 is 0 Å². The van der Waals surface area contributed by atoms with E-state index in [0.717, 1.165) is 12.4 Å². The molecule has 0 rings (SSSR count). The molecule has 0 spiro atoms. The second-order valence-electron chi connectivity index (χ2n) is 4.78. The van der Waals surface area contributed by atoms with Gasteiger partial charge in [-0.25, -0.2) is 10.8 Å². The van der Waals surface area contributed by atoms with Gasteiger partial charge in [0.05, 0.1) is 0 Å². The van der Waals surface area contributed by atoms with Gasteiger partial charge in [-0.2, -0.15) is 0 Å². The fraction of sp³-hybridized carbons (Fsp3) is 0.909. The van der Waals surface area contributed by atoms with Gasteiger partial charge in [0.2, 0.25) is 5.96 Å². The summed E-state index contributed by atoms with van der Waals surface area (Å²) in [5.74, 6) is 6.91. The third kappa shape index (κ3) is 5.62. The van der Waals surface area contributed by atoms with Crippen LogP contribution in [-0.2, 0) is 0 Å². The molecule has 4 heteroatoms. The van der Waals surface area contributed by atoms with Crippen LogP contribution < -0.4 is 11.3 Å². The molecule has 0 aliphatic heterocycles. The van der Waals surface area contributed by atoms with E-state index >= 15 is 0 Å². The first-order chi connectivity index (χ1) is 6.88. The van der Waals surface area contributed by atoms with E-state index in [2.05, 4.69) is 36.1 Å². The van der Waals surface area contributed by atoms with Crippen LogP contribution in [-0.4, -0.2) is 30.0 Å². The topological polar surface area (TPSA) is 53.6 Å². The lowest BCUT2D eigenvalue weighted by molar-refractivity contribution is 0.323. The van der Waals surface area contributed by atoms with Crippen molar-refractivity contribution < 1.29 is 0 Å². The molecule has 0 aromatic heterocycles. The molecule has 0 fully saturated rings. The van der Waals surface area contributed by atoms with Crippen molar-refractivity contribution in [2.24, 2.45) is 16.8 Å². The van der Waals surface area contributed by atoms with E-state index in [4.69, 9.17) is 5.84 Å². The summed E-state index contributed by atoms with van der Waals surface area (Å²) < 4.78 is 0. The highest BCUT2D eigenvalue weighted by Crippen LogP contribution is 2.09. The Bertz CT molecular complexity index is 199. The molecule has 0 radical (unpaired) electrons. The fourth-order valence-corrected chi connectivity index (χ4v) is 1.52. The number of hydrogen-bond donors (Lipinski definition) is 2.